The van der Waals surface area contributed by atoms with Crippen molar-refractivity contribution in [3.63, 3.8) is 0 Å². The molecule has 0 atom stereocenters. The third-order valence-electron chi connectivity index (χ3n) is 3.34. The van der Waals surface area contributed by atoms with Crippen LogP contribution in [0.2, 0.25) is 0 Å². The molecule has 0 saturated heterocycles. The van der Waals surface area contributed by atoms with Crippen molar-refractivity contribution in [3.05, 3.63) is 100 Å². The highest BCUT2D eigenvalue weighted by molar-refractivity contribution is 7.99. The van der Waals surface area contributed by atoms with Crippen LogP contribution in [-0.4, -0.2) is 9.85 Å². The Kier molecular flexibility index (Phi) is 5.84. The maximum Gasteiger partial charge on any atom is 0.357 e. The lowest BCUT2D eigenvalue weighted by Gasteiger charge is -2.03. The topological polar surface area (TPSA) is 86.3 Å². The molecule has 0 radical (unpaired) electrons. The maximum atomic E-state index is 11.2. The van der Waals surface area contributed by atoms with Crippen LogP contribution in [0, 0.1) is 27.4 Å². The van der Waals surface area contributed by atoms with Gasteiger partial charge in [0, 0.05) is 11.0 Å². The van der Waals surface area contributed by atoms with E-state index in [4.69, 9.17) is 0 Å². The number of hydrogen-bond acceptors (Lipinski definition) is 5. The number of nitro groups is 2. The van der Waals surface area contributed by atoms with Gasteiger partial charge in [-0.1, -0.05) is 30.0 Å². The van der Waals surface area contributed by atoms with E-state index >= 15 is 0 Å². The lowest BCUT2D eigenvalue weighted by Crippen LogP contribution is -3.61. The van der Waals surface area contributed by atoms with Crippen LogP contribution in [0.1, 0.15) is 0 Å². The van der Waals surface area contributed by atoms with Crippen LogP contribution in [0.5, 0.6) is 0 Å². The summed E-state index contributed by atoms with van der Waals surface area (Å²) >= 11 is 0.960. The average molecular weight is 479 g/mol. The Balaban J connectivity index is 1.79. The molecular formula is C18H12IN2O4S+. The van der Waals surface area contributed by atoms with E-state index in [2.05, 4.69) is 12.1 Å². The summed E-state index contributed by atoms with van der Waals surface area (Å²) in [7, 11) is 0. The van der Waals surface area contributed by atoms with E-state index < -0.39 is 9.85 Å². The lowest BCUT2D eigenvalue weighted by molar-refractivity contribution is -0.597. The molecule has 3 aromatic carbocycles. The van der Waals surface area contributed by atoms with Crippen molar-refractivity contribution >= 4 is 23.1 Å². The molecule has 26 heavy (non-hydrogen) atoms. The normalized spacial score (nSPS) is 10.5. The van der Waals surface area contributed by atoms with Gasteiger partial charge < -0.3 is 0 Å². The number of nitro benzene ring substituents is 2. The first-order chi connectivity index (χ1) is 12.5. The minimum atomic E-state index is -0.635. The van der Waals surface area contributed by atoms with Crippen LogP contribution < -0.4 is 21.2 Å². The molecule has 0 spiro atoms. The molecule has 130 valence electrons. The molecule has 0 fully saturated rings. The zero-order valence-corrected chi connectivity index (χ0v) is 16.2. The van der Waals surface area contributed by atoms with Crippen LogP contribution in [0.3, 0.4) is 0 Å². The smallest absolute Gasteiger partial charge is 0.258 e. The Morgan fingerprint density at radius 1 is 0.769 bits per heavy atom. The molecule has 0 amide bonds. The van der Waals surface area contributed by atoms with Crippen LogP contribution in [0.25, 0.3) is 0 Å². The number of nitrogens with zero attached hydrogens (tertiary/aromatic N) is 2. The summed E-state index contributed by atoms with van der Waals surface area (Å²) in [6, 6.07) is 21.9. The van der Waals surface area contributed by atoms with Gasteiger partial charge in [-0.3, -0.25) is 20.2 Å². The Morgan fingerprint density at radius 2 is 1.42 bits per heavy atom. The van der Waals surface area contributed by atoms with Crippen molar-refractivity contribution in [1.82, 2.24) is 0 Å². The Morgan fingerprint density at radius 3 is 2.04 bits per heavy atom. The average Bonchev–Trinajstić information content (AvgIpc) is 2.64. The Hall–Kier alpha value is -2.46. The number of halogens is 1. The number of non-ortho nitro benzene ring substituents is 1. The van der Waals surface area contributed by atoms with Gasteiger partial charge in [0.05, 0.1) is 20.8 Å². The zero-order chi connectivity index (χ0) is 18.5. The third kappa shape index (κ3) is 4.58. The molecule has 0 aromatic heterocycles. The lowest BCUT2D eigenvalue weighted by atomic mass is 10.3. The van der Waals surface area contributed by atoms with E-state index in [1.54, 1.807) is 0 Å². The molecule has 3 aromatic rings. The van der Waals surface area contributed by atoms with Gasteiger partial charge in [-0.05, 0) is 42.5 Å². The minimum Gasteiger partial charge on any atom is -0.258 e. The second-order valence-electron chi connectivity index (χ2n) is 5.11. The highest BCUT2D eigenvalue weighted by Crippen LogP contribution is 2.36. The molecule has 0 saturated carbocycles. The summed E-state index contributed by atoms with van der Waals surface area (Å²) in [5.74, 6) is 0. The van der Waals surface area contributed by atoms with Gasteiger partial charge in [0.25, 0.3) is 11.4 Å². The van der Waals surface area contributed by atoms with E-state index in [1.165, 1.54) is 31.0 Å². The molecule has 0 aliphatic rings. The van der Waals surface area contributed by atoms with Gasteiger partial charge in [-0.2, -0.15) is 0 Å². The molecule has 6 nitrogen and oxygen atoms in total. The van der Waals surface area contributed by atoms with Gasteiger partial charge in [0.1, 0.15) is 0 Å². The maximum absolute atomic E-state index is 11.2. The summed E-state index contributed by atoms with van der Waals surface area (Å²) in [6.45, 7) is 0. The molecule has 3 rings (SSSR count). The van der Waals surface area contributed by atoms with E-state index in [1.807, 2.05) is 42.5 Å². The van der Waals surface area contributed by atoms with Crippen LogP contribution in [0.15, 0.2) is 82.6 Å². The number of hydrogen-bond donors (Lipinski definition) is 0. The second-order valence-corrected chi connectivity index (χ2v) is 9.26. The SMILES string of the molecule is O=[N+]([O-])c1ccc(Sc2ccc([I+]c3ccccc3)cc2)c([N+](=O)[O-])c1. The fraction of sp³-hybridized carbons (Fsp3) is 0. The molecule has 0 aliphatic carbocycles. The largest absolute Gasteiger partial charge is 0.357 e. The summed E-state index contributed by atoms with van der Waals surface area (Å²) in [4.78, 5) is 22.0. The van der Waals surface area contributed by atoms with Crippen molar-refractivity contribution in [2.75, 3.05) is 0 Å². The molecule has 0 aliphatic heterocycles. The monoisotopic (exact) mass is 479 g/mol. The Labute approximate surface area is 163 Å². The van der Waals surface area contributed by atoms with Crippen molar-refractivity contribution < 1.29 is 31.1 Å². The minimum absolute atomic E-state index is 0.259. The molecular weight excluding hydrogens is 467 g/mol. The molecule has 0 heterocycles. The van der Waals surface area contributed by atoms with Gasteiger partial charge in [-0.25, -0.2) is 0 Å². The highest BCUT2D eigenvalue weighted by Gasteiger charge is 2.21. The van der Waals surface area contributed by atoms with Crippen LogP contribution in [-0.2, 0) is 0 Å². The van der Waals surface area contributed by atoms with E-state index in [9.17, 15) is 20.2 Å². The standard InChI is InChI=1S/C18H12IN2O4S/c22-20(23)15-8-11-18(17(12-15)21(24)25)26-16-9-6-14(7-10-16)19-13-4-2-1-3-5-13/h1-12H/q+1. The van der Waals surface area contributed by atoms with Crippen molar-refractivity contribution in [2.24, 2.45) is 0 Å². The first-order valence-corrected chi connectivity index (χ1v) is 10.4. The van der Waals surface area contributed by atoms with Gasteiger partial charge >= 0.3 is 21.2 Å². The molecule has 0 N–H and O–H groups in total. The second kappa shape index (κ2) is 8.28. The summed E-state index contributed by atoms with van der Waals surface area (Å²) in [5, 5.41) is 22.0. The van der Waals surface area contributed by atoms with E-state index in [-0.39, 0.29) is 32.6 Å². The molecule has 8 heteroatoms. The van der Waals surface area contributed by atoms with E-state index in [0.717, 1.165) is 11.0 Å². The zero-order valence-electron chi connectivity index (χ0n) is 13.2. The summed E-state index contributed by atoms with van der Waals surface area (Å²) < 4.78 is 2.57. The Bertz CT molecular complexity index is 949. The number of rotatable bonds is 6. The third-order valence-corrected chi connectivity index (χ3v) is 7.10. The van der Waals surface area contributed by atoms with E-state index in [0.29, 0.717) is 4.90 Å². The predicted molar refractivity (Wildman–Crippen MR) is 94.2 cm³/mol. The first-order valence-electron chi connectivity index (χ1n) is 7.43. The van der Waals surface area contributed by atoms with Crippen LogP contribution in [0.4, 0.5) is 11.4 Å². The molecule has 0 unspecified atom stereocenters. The first kappa shape index (κ1) is 18.3. The summed E-state index contributed by atoms with van der Waals surface area (Å²) in [6.07, 6.45) is 0. The van der Waals surface area contributed by atoms with Gasteiger partial charge in [0.15, 0.2) is 7.14 Å². The van der Waals surface area contributed by atoms with Crippen molar-refractivity contribution in [3.8, 4) is 0 Å². The quantitative estimate of drug-likeness (QED) is 0.306. The fourth-order valence-electron chi connectivity index (χ4n) is 2.14. The highest BCUT2D eigenvalue weighted by atomic mass is 127. The molecule has 0 bridgehead atoms. The van der Waals surface area contributed by atoms with Gasteiger partial charge in [0.2, 0.25) is 0 Å². The van der Waals surface area contributed by atoms with Crippen LogP contribution >= 0.6 is 11.8 Å². The van der Waals surface area contributed by atoms with Crippen molar-refractivity contribution in [1.29, 1.82) is 0 Å². The number of benzene rings is 3. The van der Waals surface area contributed by atoms with Crippen molar-refractivity contribution in [2.45, 2.75) is 9.79 Å². The predicted octanol–water partition coefficient (Wildman–Crippen LogP) is 1.78. The van der Waals surface area contributed by atoms with Gasteiger partial charge in [-0.15, -0.1) is 0 Å². The fourth-order valence-corrected chi connectivity index (χ4v) is 5.26. The summed E-state index contributed by atoms with van der Waals surface area (Å²) in [5.41, 5.74) is -0.547.